The van der Waals surface area contributed by atoms with E-state index in [1.807, 2.05) is 24.4 Å². The summed E-state index contributed by atoms with van der Waals surface area (Å²) >= 11 is 11.2. The number of hydrogen-bond donors (Lipinski definition) is 2. The van der Waals surface area contributed by atoms with E-state index < -0.39 is 0 Å². The van der Waals surface area contributed by atoms with Crippen molar-refractivity contribution >= 4 is 28.9 Å². The molecule has 1 aromatic heterocycles. The number of para-hydroxylation sites is 1. The molecule has 0 aliphatic carbocycles. The van der Waals surface area contributed by atoms with E-state index in [9.17, 15) is 0 Å². The summed E-state index contributed by atoms with van der Waals surface area (Å²) in [5, 5.41) is 9.64. The van der Waals surface area contributed by atoms with Crippen molar-refractivity contribution in [2.24, 2.45) is 0 Å². The Bertz CT molecular complexity index is 592. The number of pyridine rings is 1. The molecule has 4 nitrogen and oxygen atoms in total. The summed E-state index contributed by atoms with van der Waals surface area (Å²) < 4.78 is 5.59. The van der Waals surface area contributed by atoms with Gasteiger partial charge in [-0.05, 0) is 37.1 Å². The molecule has 3 N–H and O–H groups in total. The van der Waals surface area contributed by atoms with Crippen LogP contribution in [0.5, 0.6) is 0 Å². The molecule has 0 fully saturated rings. The fraction of sp³-hybridized carbons (Fsp3) is 0.476. The first-order valence-corrected chi connectivity index (χ1v) is 10.2. The summed E-state index contributed by atoms with van der Waals surface area (Å²) in [6.45, 7) is 1.95. The van der Waals surface area contributed by atoms with Crippen LogP contribution < -0.4 is 5.73 Å². The van der Waals surface area contributed by atoms with E-state index in [1.165, 1.54) is 19.3 Å². The second-order valence-corrected chi connectivity index (χ2v) is 6.98. The molecule has 2 aromatic rings. The highest BCUT2D eigenvalue weighted by molar-refractivity contribution is 6.38. The van der Waals surface area contributed by atoms with Gasteiger partial charge in [0.05, 0.1) is 22.3 Å². The van der Waals surface area contributed by atoms with Crippen molar-refractivity contribution in [3.05, 3.63) is 58.3 Å². The molecule has 6 heteroatoms. The standard InChI is InChI=1S/C15H25NO2.C6H5Cl2N/c17-12-7-3-1-2-4-8-13-18-14-10-15-9-5-6-11-16-15;7-4-2-1-3-5(8)6(4)9/h5-6,9,11,17H,1-4,7-8,10,12-14H2;1-3H,9H2. The van der Waals surface area contributed by atoms with Gasteiger partial charge in [0.1, 0.15) is 0 Å². The van der Waals surface area contributed by atoms with E-state index in [4.69, 9.17) is 38.8 Å². The monoisotopic (exact) mass is 412 g/mol. The van der Waals surface area contributed by atoms with E-state index in [1.54, 1.807) is 18.2 Å². The Labute approximate surface area is 172 Å². The van der Waals surface area contributed by atoms with Crippen LogP contribution in [0, 0.1) is 0 Å². The molecule has 0 unspecified atom stereocenters. The Balaban J connectivity index is 0.000000337. The molecule has 0 saturated heterocycles. The highest BCUT2D eigenvalue weighted by Gasteiger charge is 1.97. The lowest BCUT2D eigenvalue weighted by Gasteiger charge is -2.04. The zero-order valence-electron chi connectivity index (χ0n) is 15.7. The van der Waals surface area contributed by atoms with Crippen molar-refractivity contribution < 1.29 is 9.84 Å². The zero-order chi connectivity index (χ0) is 19.7. The minimum absolute atomic E-state index is 0.330. The van der Waals surface area contributed by atoms with Crippen LogP contribution in [0.1, 0.15) is 44.2 Å². The van der Waals surface area contributed by atoms with Gasteiger partial charge in [-0.1, -0.05) is 61.0 Å². The minimum atomic E-state index is 0.330. The highest BCUT2D eigenvalue weighted by Crippen LogP contribution is 2.25. The molecule has 27 heavy (non-hydrogen) atoms. The number of rotatable bonds is 11. The smallest absolute Gasteiger partial charge is 0.0692 e. The zero-order valence-corrected chi connectivity index (χ0v) is 17.3. The Hall–Kier alpha value is -1.33. The number of halogens is 2. The highest BCUT2D eigenvalue weighted by atomic mass is 35.5. The van der Waals surface area contributed by atoms with E-state index in [-0.39, 0.29) is 0 Å². The van der Waals surface area contributed by atoms with Crippen LogP contribution in [-0.4, -0.2) is 29.9 Å². The number of nitrogens with two attached hydrogens (primary N) is 1. The molecule has 0 amide bonds. The number of aliphatic hydroxyl groups excluding tert-OH is 1. The number of nitrogens with zero attached hydrogens (tertiary/aromatic N) is 1. The first-order valence-electron chi connectivity index (χ1n) is 9.43. The number of hydrogen-bond acceptors (Lipinski definition) is 4. The molecular formula is C21H30Cl2N2O2. The Kier molecular flexibility index (Phi) is 13.8. The Morgan fingerprint density at radius 3 is 2.11 bits per heavy atom. The van der Waals surface area contributed by atoms with E-state index >= 15 is 0 Å². The normalized spacial score (nSPS) is 10.3. The van der Waals surface area contributed by atoms with Crippen molar-refractivity contribution in [1.82, 2.24) is 4.98 Å². The maximum Gasteiger partial charge on any atom is 0.0692 e. The van der Waals surface area contributed by atoms with Gasteiger partial charge in [0.25, 0.3) is 0 Å². The Morgan fingerprint density at radius 2 is 1.52 bits per heavy atom. The Morgan fingerprint density at radius 1 is 0.852 bits per heavy atom. The number of unbranched alkanes of at least 4 members (excludes halogenated alkanes) is 5. The van der Waals surface area contributed by atoms with E-state index in [2.05, 4.69) is 4.98 Å². The number of benzene rings is 1. The molecule has 0 radical (unpaired) electrons. The van der Waals surface area contributed by atoms with Crippen LogP contribution in [-0.2, 0) is 11.2 Å². The lowest BCUT2D eigenvalue weighted by Crippen LogP contribution is -2.01. The van der Waals surface area contributed by atoms with E-state index in [0.29, 0.717) is 22.3 Å². The summed E-state index contributed by atoms with van der Waals surface area (Å²) in [5.74, 6) is 0. The lowest BCUT2D eigenvalue weighted by atomic mass is 10.1. The van der Waals surface area contributed by atoms with Crippen LogP contribution in [0.3, 0.4) is 0 Å². The number of aliphatic hydroxyl groups is 1. The van der Waals surface area contributed by atoms with Crippen molar-refractivity contribution in [2.75, 3.05) is 25.6 Å². The van der Waals surface area contributed by atoms with Crippen LogP contribution in [0.4, 0.5) is 5.69 Å². The predicted octanol–water partition coefficient (Wildman–Crippen LogP) is 5.55. The first-order chi connectivity index (χ1) is 13.1. The molecule has 0 aliphatic rings. The third-order valence-corrected chi connectivity index (χ3v) is 4.58. The number of aromatic nitrogens is 1. The molecule has 0 saturated carbocycles. The van der Waals surface area contributed by atoms with Crippen molar-refractivity contribution in [3.63, 3.8) is 0 Å². The molecular weight excluding hydrogens is 383 g/mol. The lowest BCUT2D eigenvalue weighted by molar-refractivity contribution is 0.132. The number of anilines is 1. The second-order valence-electron chi connectivity index (χ2n) is 6.16. The molecule has 0 atom stereocenters. The molecule has 0 spiro atoms. The van der Waals surface area contributed by atoms with Crippen molar-refractivity contribution in [2.45, 2.75) is 44.9 Å². The topological polar surface area (TPSA) is 68.4 Å². The van der Waals surface area contributed by atoms with Crippen LogP contribution in [0.25, 0.3) is 0 Å². The number of nitrogen functional groups attached to an aromatic ring is 1. The van der Waals surface area contributed by atoms with Gasteiger partial charge in [0.15, 0.2) is 0 Å². The molecule has 0 aliphatic heterocycles. The van der Waals surface area contributed by atoms with Crippen LogP contribution in [0.15, 0.2) is 42.6 Å². The predicted molar refractivity (Wildman–Crippen MR) is 114 cm³/mol. The van der Waals surface area contributed by atoms with Crippen molar-refractivity contribution in [3.8, 4) is 0 Å². The maximum atomic E-state index is 8.63. The average molecular weight is 413 g/mol. The van der Waals surface area contributed by atoms with Gasteiger partial charge in [-0.15, -0.1) is 0 Å². The van der Waals surface area contributed by atoms with Crippen molar-refractivity contribution in [1.29, 1.82) is 0 Å². The van der Waals surface area contributed by atoms with Crippen LogP contribution in [0.2, 0.25) is 10.0 Å². The van der Waals surface area contributed by atoms with Gasteiger partial charge in [-0.3, -0.25) is 4.98 Å². The molecule has 1 heterocycles. The maximum absolute atomic E-state index is 8.63. The van der Waals surface area contributed by atoms with Gasteiger partial charge in [-0.2, -0.15) is 0 Å². The van der Waals surface area contributed by atoms with Gasteiger partial charge in [0, 0.05) is 31.5 Å². The SMILES string of the molecule is Nc1c(Cl)cccc1Cl.OCCCCCCCCOCCc1ccccn1. The quantitative estimate of drug-likeness (QED) is 0.374. The summed E-state index contributed by atoms with van der Waals surface area (Å²) in [6, 6.07) is 11.1. The third-order valence-electron chi connectivity index (χ3n) is 3.93. The van der Waals surface area contributed by atoms with Gasteiger partial charge >= 0.3 is 0 Å². The summed E-state index contributed by atoms with van der Waals surface area (Å²) in [5.41, 5.74) is 6.96. The number of ether oxygens (including phenoxy) is 1. The average Bonchev–Trinajstić information content (AvgIpc) is 2.69. The van der Waals surface area contributed by atoms with Gasteiger partial charge < -0.3 is 15.6 Å². The second kappa shape index (κ2) is 15.7. The summed E-state index contributed by atoms with van der Waals surface area (Å²) in [4.78, 5) is 4.25. The van der Waals surface area contributed by atoms with E-state index in [0.717, 1.165) is 44.6 Å². The molecule has 150 valence electrons. The van der Waals surface area contributed by atoms with Crippen LogP contribution >= 0.6 is 23.2 Å². The summed E-state index contributed by atoms with van der Waals surface area (Å²) in [7, 11) is 0. The molecule has 1 aromatic carbocycles. The summed E-state index contributed by atoms with van der Waals surface area (Å²) in [6.07, 6.45) is 9.67. The fourth-order valence-electron chi connectivity index (χ4n) is 2.36. The first kappa shape index (κ1) is 23.7. The van der Waals surface area contributed by atoms with Gasteiger partial charge in [-0.25, -0.2) is 0 Å². The largest absolute Gasteiger partial charge is 0.396 e. The minimum Gasteiger partial charge on any atom is -0.396 e. The molecule has 2 rings (SSSR count). The molecule has 0 bridgehead atoms. The third kappa shape index (κ3) is 11.9. The van der Waals surface area contributed by atoms with Gasteiger partial charge in [0.2, 0.25) is 0 Å². The fourth-order valence-corrected chi connectivity index (χ4v) is 2.76.